The van der Waals surface area contributed by atoms with Crippen molar-refractivity contribution >= 4 is 92.9 Å². The molecule has 9 aliphatic rings. The van der Waals surface area contributed by atoms with Crippen LogP contribution in [0.5, 0.6) is 0 Å². The zero-order chi connectivity index (χ0) is 87.1. The number of aromatic carboxylic acids is 3. The van der Waals surface area contributed by atoms with Gasteiger partial charge in [0.1, 0.15) is 64.3 Å². The second kappa shape index (κ2) is 42.2. The number of carboxylic acid groups (broad SMARTS) is 4. The van der Waals surface area contributed by atoms with Crippen molar-refractivity contribution in [3.05, 3.63) is 213 Å². The quantitative estimate of drug-likeness (QED) is 0.0264. The number of piperidine rings is 3. The molecule has 0 spiro atoms. The lowest BCUT2D eigenvalue weighted by Gasteiger charge is -2.34. The van der Waals surface area contributed by atoms with Gasteiger partial charge in [0.15, 0.2) is 34.2 Å². The second-order valence-corrected chi connectivity index (χ2v) is 31.7. The first-order valence-corrected chi connectivity index (χ1v) is 41.5. The van der Waals surface area contributed by atoms with Gasteiger partial charge in [-0.25, -0.2) is 65.3 Å². The monoisotopic (exact) mass is 1740 g/mol. The van der Waals surface area contributed by atoms with E-state index in [4.69, 9.17) is 36.1 Å². The van der Waals surface area contributed by atoms with Crippen molar-refractivity contribution in [1.82, 2.24) is 69.9 Å². The van der Waals surface area contributed by atoms with Gasteiger partial charge in [-0.2, -0.15) is 0 Å². The van der Waals surface area contributed by atoms with E-state index in [2.05, 4.69) is 35.4 Å². The number of piperazine rings is 3. The van der Waals surface area contributed by atoms with Crippen LogP contribution < -0.4 is 48.0 Å². The second-order valence-electron chi connectivity index (χ2n) is 31.4. The van der Waals surface area contributed by atoms with E-state index in [-0.39, 0.29) is 129 Å². The van der Waals surface area contributed by atoms with E-state index in [0.29, 0.717) is 129 Å². The van der Waals surface area contributed by atoms with E-state index >= 15 is 13.2 Å². The number of carbonyl (C=O) groups excluding carboxylic acids is 3. The van der Waals surface area contributed by atoms with Gasteiger partial charge in [0.05, 0.1) is 35.8 Å². The molecule has 6 aliphatic heterocycles. The number of nitrogens with one attached hydrogen (secondary N) is 2. The number of pyridine rings is 6. The first-order valence-electron chi connectivity index (χ1n) is 41.1. The molecule has 3 saturated carbocycles. The number of hydrogen-bond acceptors (Lipinski definition) is 22. The number of aromatic nitrogens is 6. The van der Waals surface area contributed by atoms with E-state index in [9.17, 15) is 61.7 Å². The Hall–Kier alpha value is -11.6. The molecule has 31 nitrogen and oxygen atoms in total. The lowest BCUT2D eigenvalue weighted by atomic mass is 10.0. The minimum atomic E-state index is -1.36. The Bertz CT molecular complexity index is 5510. The summed E-state index contributed by atoms with van der Waals surface area (Å²) >= 11 is 5.62. The van der Waals surface area contributed by atoms with Gasteiger partial charge in [-0.3, -0.25) is 29.1 Å². The number of rotatable bonds is 18. The highest BCUT2D eigenvalue weighted by Crippen LogP contribution is 2.41. The molecule has 124 heavy (non-hydrogen) atoms. The Morgan fingerprint density at radius 1 is 0.452 bits per heavy atom. The molecule has 17 rings (SSSR count). The molecule has 8 aromatic rings. The highest BCUT2D eigenvalue weighted by molar-refractivity contribution is 6.30. The van der Waals surface area contributed by atoms with Crippen molar-refractivity contribution in [2.75, 3.05) is 147 Å². The smallest absolute Gasteiger partial charge is 0.410 e. The van der Waals surface area contributed by atoms with Gasteiger partial charge in [-0.05, 0) is 136 Å². The maximum atomic E-state index is 15.3. The van der Waals surface area contributed by atoms with Crippen LogP contribution in [0, 0.1) is 17.5 Å². The summed E-state index contributed by atoms with van der Waals surface area (Å²) in [5, 5.41) is 42.1. The third-order valence-corrected chi connectivity index (χ3v) is 23.2. The molecule has 3 aliphatic carbocycles. The number of benzene rings is 2. The average Bonchev–Trinajstić information content (AvgIpc) is 1.70. The number of nitrogens with zero attached hydrogens (tertiary/aromatic N) is 13. The summed E-state index contributed by atoms with van der Waals surface area (Å²) in [6.07, 6.45) is 11.7. The van der Waals surface area contributed by atoms with Crippen molar-refractivity contribution in [2.24, 2.45) is 0 Å². The molecule has 2 aromatic carbocycles. The van der Waals surface area contributed by atoms with Crippen LogP contribution in [0.2, 0.25) is 5.15 Å². The normalized spacial score (nSPS) is 17.6. The van der Waals surface area contributed by atoms with Gasteiger partial charge in [0.2, 0.25) is 16.3 Å². The SMILES string of the molecule is O=C(O)c1cn(C2CC2)c2nc(Cl)c(F)cc2c1=O.O=C(O)c1cn(C2CC2)c2nc(N3CCC(=C(F)CN4CCN(C(=O)OCc5ccccc5)CC4)CC3)c(F)cc2c1=O.O=C(O)c1cn(C2CC2)c2nc(N3CCC(=C(F)CN4CCNCC4)CC3)c(F)cc2c1=O.O=C(OCc1ccccc1)N1CCN(CC(F)=C2CCNCC2)CC1.O=C[O-].[NH4+]. The van der Waals surface area contributed by atoms with Crippen LogP contribution in [0.3, 0.4) is 0 Å². The summed E-state index contributed by atoms with van der Waals surface area (Å²) in [4.78, 5) is 130. The molecule has 0 unspecified atom stereocenters. The highest BCUT2D eigenvalue weighted by Gasteiger charge is 2.35. The standard InChI is InChI=1S/C31H33F2N5O5.C23H27F2N5O3.C19H26FN3O2.C12H8ClFN2O3.CH2O2.H3N/c32-25-16-23-27(39)24(30(40)41)17-38(22-6-7-22)28(23)34-29(25)36-10-8-21(9-11-36)26(33)18-35-12-14-37(15-13-35)31(42)43-19-20-4-2-1-3-5-20;24-18-11-16-20(31)17(23(32)33)12-30(15-1-2-15)21(16)27-22(18)29-7-3-14(4-8-29)19(25)13-28-9-5-26-6-10-28;20-18(17-6-8-21-9-7-17)14-22-10-12-23(13-11-22)19(24)25-15-16-4-2-1-3-5-16;13-10-8(14)3-6-9(17)7(12(18)19)4-16(5-1-2-5)11(6)15-10;2-1-3;/h1-5,16-17,22H,6-15,18-19H2,(H,40,41);11-12,15,26H,1-10,13H2,(H,32,33);1-5,21H,6-15H2;3-5H,1-2H2,(H,18,19);1H,(H,2,3);1H3. The first kappa shape index (κ1) is 91.6. The number of carboxylic acids is 3. The summed E-state index contributed by atoms with van der Waals surface area (Å²) < 4.78 is 104. The molecular weight excluding hydrogens is 1650 g/mol. The largest absolute Gasteiger partial charge is 0.554 e. The van der Waals surface area contributed by atoms with Crippen LogP contribution >= 0.6 is 11.6 Å². The van der Waals surface area contributed by atoms with Crippen molar-refractivity contribution in [2.45, 2.75) is 108 Å². The fraction of sp³-hybridized carbons (Fsp3) is 0.442. The van der Waals surface area contributed by atoms with Gasteiger partial charge in [-0.1, -0.05) is 72.3 Å². The molecule has 2 amide bonds. The first-order chi connectivity index (χ1) is 59.3. The molecule has 38 heteroatoms. The number of halogens is 7. The molecular formula is C86H99ClF6N16O15. The Morgan fingerprint density at radius 2 is 0.758 bits per heavy atom. The fourth-order valence-electron chi connectivity index (χ4n) is 15.6. The van der Waals surface area contributed by atoms with E-state index in [1.54, 1.807) is 33.3 Å². The molecule has 9 fully saturated rings. The van der Waals surface area contributed by atoms with E-state index < -0.39 is 63.7 Å². The molecule has 12 heterocycles. The molecule has 9 N–H and O–H groups in total. The van der Waals surface area contributed by atoms with Crippen molar-refractivity contribution in [3.8, 4) is 0 Å². The minimum Gasteiger partial charge on any atom is -0.554 e. The molecule has 662 valence electrons. The van der Waals surface area contributed by atoms with Crippen LogP contribution in [0.4, 0.5) is 47.6 Å². The van der Waals surface area contributed by atoms with Gasteiger partial charge < -0.3 is 84.8 Å². The Morgan fingerprint density at radius 3 is 1.09 bits per heavy atom. The third kappa shape index (κ3) is 23.1. The number of carbonyl (C=O) groups is 6. The Kier molecular flexibility index (Phi) is 31.2. The lowest BCUT2D eigenvalue weighted by Crippen LogP contribution is -2.49. The summed E-state index contributed by atoms with van der Waals surface area (Å²) in [6, 6.07) is 22.4. The molecule has 0 radical (unpaired) electrons. The molecule has 0 atom stereocenters. The van der Waals surface area contributed by atoms with Crippen molar-refractivity contribution in [1.29, 1.82) is 0 Å². The molecule has 0 bridgehead atoms. The highest BCUT2D eigenvalue weighted by atomic mass is 35.5. The van der Waals surface area contributed by atoms with E-state index in [1.807, 2.05) is 65.6 Å². The molecule has 6 saturated heterocycles. The van der Waals surface area contributed by atoms with Crippen LogP contribution in [-0.4, -0.2) is 242 Å². The van der Waals surface area contributed by atoms with Crippen LogP contribution in [0.15, 0.2) is 146 Å². The third-order valence-electron chi connectivity index (χ3n) is 23.0. The minimum absolute atomic E-state index is 0. The summed E-state index contributed by atoms with van der Waals surface area (Å²) in [6.45, 7) is 12.0. The maximum absolute atomic E-state index is 15.3. The van der Waals surface area contributed by atoms with E-state index in [0.717, 1.165) is 131 Å². The van der Waals surface area contributed by atoms with E-state index in [1.165, 1.54) is 18.6 Å². The summed E-state index contributed by atoms with van der Waals surface area (Å²) in [5.74, 6) is -6.30. The van der Waals surface area contributed by atoms with Gasteiger partial charge in [0, 0.05) is 148 Å². The number of quaternary nitrogens is 1. The number of amides is 2. The zero-order valence-corrected chi connectivity index (χ0v) is 69.3. The predicted octanol–water partition coefficient (Wildman–Crippen LogP) is 10.2. The number of anilines is 2. The van der Waals surface area contributed by atoms with Crippen molar-refractivity contribution < 1.29 is 85.0 Å². The maximum Gasteiger partial charge on any atom is 0.410 e. The van der Waals surface area contributed by atoms with Crippen LogP contribution in [-0.2, 0) is 27.5 Å². The number of hydrogen-bond donors (Lipinski definition) is 6. The molecule has 6 aromatic heterocycles. The van der Waals surface area contributed by atoms with Gasteiger partial charge >= 0.3 is 30.1 Å². The Labute approximate surface area is 713 Å². The topological polar surface area (TPSA) is 393 Å². The van der Waals surface area contributed by atoms with Gasteiger partial charge in [-0.15, -0.1) is 0 Å². The summed E-state index contributed by atoms with van der Waals surface area (Å²) in [5.41, 5.74) is 1.69. The lowest BCUT2D eigenvalue weighted by molar-refractivity contribution is -0.283. The average molecular weight is 1750 g/mol. The van der Waals surface area contributed by atoms with Crippen LogP contribution in [0.25, 0.3) is 33.1 Å². The zero-order valence-electron chi connectivity index (χ0n) is 68.5. The number of ether oxygens (including phenoxy) is 2. The van der Waals surface area contributed by atoms with Gasteiger partial charge in [0.25, 0.3) is 0 Å². The predicted molar refractivity (Wildman–Crippen MR) is 449 cm³/mol. The Balaban J connectivity index is 0.000000155. The van der Waals surface area contributed by atoms with Crippen LogP contribution in [0.1, 0.15) is 137 Å². The number of fused-ring (bicyclic) bond motifs is 3. The van der Waals surface area contributed by atoms with Crippen molar-refractivity contribution in [3.63, 3.8) is 0 Å². The summed E-state index contributed by atoms with van der Waals surface area (Å²) in [7, 11) is 0. The fourth-order valence-corrected chi connectivity index (χ4v) is 15.7.